The maximum Gasteiger partial charge on any atom is 0.143 e. The smallest absolute Gasteiger partial charge is 0.143 e. The number of aromatic nitrogens is 2. The van der Waals surface area contributed by atoms with Crippen molar-refractivity contribution >= 4 is 28.4 Å². The van der Waals surface area contributed by atoms with Gasteiger partial charge in [-0.15, -0.1) is 0 Å². The number of halogens is 1. The second-order valence-electron chi connectivity index (χ2n) is 5.03. The van der Waals surface area contributed by atoms with E-state index in [0.29, 0.717) is 0 Å². The van der Waals surface area contributed by atoms with Gasteiger partial charge in [-0.25, -0.2) is 9.97 Å². The summed E-state index contributed by atoms with van der Waals surface area (Å²) in [6.07, 6.45) is 7.27. The summed E-state index contributed by atoms with van der Waals surface area (Å²) in [7, 11) is 0. The van der Waals surface area contributed by atoms with E-state index in [1.807, 2.05) is 0 Å². The summed E-state index contributed by atoms with van der Waals surface area (Å²) < 4.78 is 1.20. The van der Waals surface area contributed by atoms with Gasteiger partial charge in [0.15, 0.2) is 0 Å². The minimum Gasteiger partial charge on any atom is -0.369 e. The maximum absolute atomic E-state index is 4.72. The molecular formula is C14H22IN3. The first-order valence-electron chi connectivity index (χ1n) is 7.03. The van der Waals surface area contributed by atoms with Gasteiger partial charge in [0.05, 0.1) is 9.26 Å². The largest absolute Gasteiger partial charge is 0.369 e. The first-order valence-corrected chi connectivity index (χ1v) is 8.11. The Balaban J connectivity index is 2.17. The van der Waals surface area contributed by atoms with Gasteiger partial charge in [-0.2, -0.15) is 0 Å². The van der Waals surface area contributed by atoms with E-state index in [4.69, 9.17) is 9.97 Å². The summed E-state index contributed by atoms with van der Waals surface area (Å²) in [5.74, 6) is 2.91. The lowest BCUT2D eigenvalue weighted by Crippen LogP contribution is -2.17. The zero-order chi connectivity index (χ0) is 13.0. The fraction of sp³-hybridized carbons (Fsp3) is 0.714. The quantitative estimate of drug-likeness (QED) is 0.785. The van der Waals surface area contributed by atoms with Crippen molar-refractivity contribution in [2.75, 3.05) is 11.9 Å². The van der Waals surface area contributed by atoms with Crippen molar-refractivity contribution in [2.45, 2.75) is 52.4 Å². The molecule has 1 aliphatic rings. The van der Waals surface area contributed by atoms with E-state index in [9.17, 15) is 0 Å². The average Bonchev–Trinajstić information content (AvgIpc) is 2.33. The highest BCUT2D eigenvalue weighted by Crippen LogP contribution is 2.30. The lowest BCUT2D eigenvalue weighted by molar-refractivity contribution is 0.309. The van der Waals surface area contributed by atoms with E-state index < -0.39 is 0 Å². The second-order valence-corrected chi connectivity index (χ2v) is 6.11. The van der Waals surface area contributed by atoms with Gasteiger partial charge in [0, 0.05) is 13.0 Å². The van der Waals surface area contributed by atoms with Gasteiger partial charge in [0.1, 0.15) is 11.6 Å². The molecule has 0 saturated heterocycles. The molecule has 1 fully saturated rings. The van der Waals surface area contributed by atoms with Crippen molar-refractivity contribution in [3.8, 4) is 0 Å². The third kappa shape index (κ3) is 3.33. The zero-order valence-corrected chi connectivity index (χ0v) is 13.5. The molecule has 0 unspecified atom stereocenters. The second kappa shape index (κ2) is 6.68. The Morgan fingerprint density at radius 1 is 1.28 bits per heavy atom. The summed E-state index contributed by atoms with van der Waals surface area (Å²) in [5, 5.41) is 3.43. The summed E-state index contributed by atoms with van der Waals surface area (Å²) in [6.45, 7) is 5.33. The number of aryl methyl sites for hydroxylation is 1. The molecule has 0 spiro atoms. The molecule has 1 aromatic heterocycles. The Morgan fingerprint density at radius 2 is 2.06 bits per heavy atom. The molecule has 0 radical (unpaired) electrons. The van der Waals surface area contributed by atoms with Crippen molar-refractivity contribution in [1.29, 1.82) is 0 Å². The first-order chi connectivity index (χ1) is 8.74. The number of nitrogens with one attached hydrogen (secondary N) is 1. The zero-order valence-electron chi connectivity index (χ0n) is 11.3. The van der Waals surface area contributed by atoms with Crippen molar-refractivity contribution in [3.63, 3.8) is 0 Å². The standard InChI is InChI=1S/C14H22IN3/c1-3-8-16-14-13(15)11(4-2)17-12(18-14)9-10-6-5-7-10/h10H,3-9H2,1-2H3,(H,16,17,18). The van der Waals surface area contributed by atoms with Crippen molar-refractivity contribution in [3.05, 3.63) is 15.1 Å². The van der Waals surface area contributed by atoms with E-state index in [-0.39, 0.29) is 0 Å². The fourth-order valence-electron chi connectivity index (χ4n) is 2.19. The SMILES string of the molecule is CCCNc1nc(CC2CCC2)nc(CC)c1I. The Bertz CT molecular complexity index is 402. The summed E-state index contributed by atoms with van der Waals surface area (Å²) in [4.78, 5) is 9.43. The third-order valence-corrected chi connectivity index (χ3v) is 4.67. The number of nitrogens with zero attached hydrogens (tertiary/aromatic N) is 2. The van der Waals surface area contributed by atoms with Crippen LogP contribution in [0, 0.1) is 9.49 Å². The van der Waals surface area contributed by atoms with Crippen LogP contribution in [-0.2, 0) is 12.8 Å². The molecule has 1 aliphatic carbocycles. The molecule has 100 valence electrons. The van der Waals surface area contributed by atoms with Crippen LogP contribution in [0.15, 0.2) is 0 Å². The molecule has 0 aromatic carbocycles. The minimum absolute atomic E-state index is 0.828. The Morgan fingerprint density at radius 3 is 2.61 bits per heavy atom. The molecular weight excluding hydrogens is 337 g/mol. The molecule has 0 bridgehead atoms. The summed E-state index contributed by atoms with van der Waals surface area (Å²) >= 11 is 2.37. The highest BCUT2D eigenvalue weighted by molar-refractivity contribution is 14.1. The van der Waals surface area contributed by atoms with Crippen LogP contribution in [0.3, 0.4) is 0 Å². The number of anilines is 1. The lowest BCUT2D eigenvalue weighted by atomic mass is 9.83. The van der Waals surface area contributed by atoms with Crippen LogP contribution < -0.4 is 5.32 Å². The molecule has 1 heterocycles. The van der Waals surface area contributed by atoms with E-state index in [2.05, 4.69) is 41.8 Å². The monoisotopic (exact) mass is 359 g/mol. The summed E-state index contributed by atoms with van der Waals surface area (Å²) in [5.41, 5.74) is 1.19. The number of rotatable bonds is 6. The highest BCUT2D eigenvalue weighted by Gasteiger charge is 2.20. The molecule has 0 amide bonds. The molecule has 4 heteroatoms. The molecule has 0 atom stereocenters. The van der Waals surface area contributed by atoms with Crippen LogP contribution >= 0.6 is 22.6 Å². The average molecular weight is 359 g/mol. The number of hydrogen-bond donors (Lipinski definition) is 1. The molecule has 1 saturated carbocycles. The minimum atomic E-state index is 0.828. The number of hydrogen-bond acceptors (Lipinski definition) is 3. The van der Waals surface area contributed by atoms with Crippen molar-refractivity contribution in [2.24, 2.45) is 5.92 Å². The van der Waals surface area contributed by atoms with Crippen LogP contribution in [-0.4, -0.2) is 16.5 Å². The molecule has 3 nitrogen and oxygen atoms in total. The Kier molecular flexibility index (Phi) is 5.21. The molecule has 18 heavy (non-hydrogen) atoms. The van der Waals surface area contributed by atoms with Crippen LogP contribution in [0.25, 0.3) is 0 Å². The van der Waals surface area contributed by atoms with E-state index in [1.54, 1.807) is 0 Å². The van der Waals surface area contributed by atoms with Gasteiger partial charge in [-0.05, 0) is 41.4 Å². The van der Waals surface area contributed by atoms with Crippen LogP contribution in [0.5, 0.6) is 0 Å². The lowest BCUT2D eigenvalue weighted by Gasteiger charge is -2.24. The normalized spacial score (nSPS) is 15.5. The molecule has 1 aromatic rings. The topological polar surface area (TPSA) is 37.8 Å². The van der Waals surface area contributed by atoms with Crippen molar-refractivity contribution < 1.29 is 0 Å². The van der Waals surface area contributed by atoms with Crippen molar-refractivity contribution in [1.82, 2.24) is 9.97 Å². The highest BCUT2D eigenvalue weighted by atomic mass is 127. The Hall–Kier alpha value is -0.390. The predicted molar refractivity (Wildman–Crippen MR) is 84.0 cm³/mol. The maximum atomic E-state index is 4.72. The van der Waals surface area contributed by atoms with Gasteiger partial charge < -0.3 is 5.32 Å². The van der Waals surface area contributed by atoms with Gasteiger partial charge in [-0.1, -0.05) is 33.1 Å². The summed E-state index contributed by atoms with van der Waals surface area (Å²) in [6, 6.07) is 0. The molecule has 1 N–H and O–H groups in total. The first kappa shape index (κ1) is 14.0. The third-order valence-electron chi connectivity index (χ3n) is 3.54. The van der Waals surface area contributed by atoms with Crippen LogP contribution in [0.1, 0.15) is 51.0 Å². The van der Waals surface area contributed by atoms with Gasteiger partial charge in [0.2, 0.25) is 0 Å². The van der Waals surface area contributed by atoms with E-state index in [1.165, 1.54) is 28.5 Å². The van der Waals surface area contributed by atoms with Gasteiger partial charge >= 0.3 is 0 Å². The van der Waals surface area contributed by atoms with Gasteiger partial charge in [0.25, 0.3) is 0 Å². The van der Waals surface area contributed by atoms with E-state index in [0.717, 1.165) is 43.4 Å². The fourth-order valence-corrected chi connectivity index (χ4v) is 3.00. The predicted octanol–water partition coefficient (Wildman–Crippen LogP) is 3.81. The van der Waals surface area contributed by atoms with Gasteiger partial charge in [-0.3, -0.25) is 0 Å². The van der Waals surface area contributed by atoms with Crippen LogP contribution in [0.4, 0.5) is 5.82 Å². The Labute approximate surface area is 123 Å². The molecule has 2 rings (SSSR count). The molecule has 0 aliphatic heterocycles. The van der Waals surface area contributed by atoms with Crippen LogP contribution in [0.2, 0.25) is 0 Å². The van der Waals surface area contributed by atoms with E-state index >= 15 is 0 Å².